The van der Waals surface area contributed by atoms with Gasteiger partial charge in [0.2, 0.25) is 0 Å². The van der Waals surface area contributed by atoms with Crippen LogP contribution < -0.4 is 5.73 Å². The lowest BCUT2D eigenvalue weighted by atomic mass is 9.92. The predicted octanol–water partition coefficient (Wildman–Crippen LogP) is 1.01. The number of nitrogens with one attached hydrogen (secondary N) is 1. The fourth-order valence-electron chi connectivity index (χ4n) is 1.70. The summed E-state index contributed by atoms with van der Waals surface area (Å²) in [4.78, 5) is 32.8. The van der Waals surface area contributed by atoms with E-state index in [1.54, 1.807) is 5.66 Å². The summed E-state index contributed by atoms with van der Waals surface area (Å²) in [6, 6.07) is 0. The Kier molecular flexibility index (Phi) is 3.76. The SMILES string of the molecule is CC(C)(C)Cc1nc(N)c2[nH]c(C#CP(=O)(O)O)nc2n1. The standard InChI is InChI=1S/C12H16N5O3P/c1-12(2,3)6-8-15-10(13)9-11(17-8)16-7(14-9)4-5-21(18,19)20/h6H2,1-3H3,(H2,18,19,20)(H3,13,14,15,16,17). The van der Waals surface area contributed by atoms with Gasteiger partial charge in [-0.2, -0.15) is 0 Å². The summed E-state index contributed by atoms with van der Waals surface area (Å²) in [6.07, 6.45) is 0.628. The monoisotopic (exact) mass is 309 g/mol. The highest BCUT2D eigenvalue weighted by molar-refractivity contribution is 7.57. The highest BCUT2D eigenvalue weighted by Gasteiger charge is 2.16. The third-order valence-electron chi connectivity index (χ3n) is 2.43. The molecule has 5 N–H and O–H groups in total. The van der Waals surface area contributed by atoms with Gasteiger partial charge in [-0.05, 0) is 11.3 Å². The molecule has 2 rings (SSSR count). The van der Waals surface area contributed by atoms with Crippen LogP contribution in [-0.2, 0) is 11.0 Å². The summed E-state index contributed by atoms with van der Waals surface area (Å²) in [5.41, 5.74) is 8.39. The predicted molar refractivity (Wildman–Crippen MR) is 78.2 cm³/mol. The van der Waals surface area contributed by atoms with Gasteiger partial charge >= 0.3 is 7.60 Å². The second kappa shape index (κ2) is 5.11. The van der Waals surface area contributed by atoms with E-state index in [-0.39, 0.29) is 17.1 Å². The average molecular weight is 309 g/mol. The van der Waals surface area contributed by atoms with Crippen LogP contribution in [0, 0.1) is 17.0 Å². The van der Waals surface area contributed by atoms with E-state index in [1.165, 1.54) is 0 Å². The summed E-state index contributed by atoms with van der Waals surface area (Å²) in [7, 11) is -4.41. The van der Waals surface area contributed by atoms with Crippen molar-refractivity contribution in [1.82, 2.24) is 19.9 Å². The Bertz CT molecular complexity index is 791. The lowest BCUT2D eigenvalue weighted by Crippen LogP contribution is -2.13. The molecule has 0 fully saturated rings. The van der Waals surface area contributed by atoms with Crippen LogP contribution in [0.3, 0.4) is 0 Å². The van der Waals surface area contributed by atoms with Crippen molar-refractivity contribution in [2.75, 3.05) is 5.73 Å². The number of fused-ring (bicyclic) bond motifs is 1. The summed E-state index contributed by atoms with van der Waals surface area (Å²) in [5, 5.41) is 0. The molecule has 0 aromatic carbocycles. The highest BCUT2D eigenvalue weighted by Crippen LogP contribution is 2.32. The van der Waals surface area contributed by atoms with Crippen molar-refractivity contribution in [3.05, 3.63) is 11.6 Å². The Morgan fingerprint density at radius 2 is 1.95 bits per heavy atom. The van der Waals surface area contributed by atoms with E-state index in [4.69, 9.17) is 15.5 Å². The number of nitrogens with two attached hydrogens (primary N) is 1. The largest absolute Gasteiger partial charge is 0.400 e. The molecule has 2 aromatic rings. The van der Waals surface area contributed by atoms with Crippen molar-refractivity contribution >= 4 is 24.6 Å². The third-order valence-corrected chi connectivity index (χ3v) is 2.84. The number of anilines is 1. The van der Waals surface area contributed by atoms with Gasteiger partial charge in [0, 0.05) is 12.1 Å². The minimum atomic E-state index is -4.41. The molecule has 0 atom stereocenters. The quantitative estimate of drug-likeness (QED) is 0.455. The number of rotatable bonds is 1. The molecule has 21 heavy (non-hydrogen) atoms. The van der Waals surface area contributed by atoms with Gasteiger partial charge in [0.15, 0.2) is 17.3 Å². The van der Waals surface area contributed by atoms with Crippen LogP contribution in [0.2, 0.25) is 0 Å². The normalized spacial score (nSPS) is 12.2. The molecule has 0 radical (unpaired) electrons. The van der Waals surface area contributed by atoms with E-state index in [1.807, 2.05) is 0 Å². The van der Waals surface area contributed by atoms with Crippen LogP contribution in [0.25, 0.3) is 11.2 Å². The van der Waals surface area contributed by atoms with Crippen LogP contribution in [0.15, 0.2) is 0 Å². The van der Waals surface area contributed by atoms with E-state index in [9.17, 15) is 4.57 Å². The van der Waals surface area contributed by atoms with Crippen LogP contribution in [0.5, 0.6) is 0 Å². The van der Waals surface area contributed by atoms with Crippen LogP contribution in [0.4, 0.5) is 5.82 Å². The van der Waals surface area contributed by atoms with Gasteiger partial charge in [-0.1, -0.05) is 20.8 Å². The molecular weight excluding hydrogens is 293 g/mol. The molecule has 0 spiro atoms. The lowest BCUT2D eigenvalue weighted by Gasteiger charge is -2.16. The first-order valence-electron chi connectivity index (χ1n) is 6.14. The molecule has 0 aliphatic carbocycles. The van der Waals surface area contributed by atoms with Gasteiger partial charge < -0.3 is 20.5 Å². The topological polar surface area (TPSA) is 138 Å². The van der Waals surface area contributed by atoms with Crippen molar-refractivity contribution in [2.45, 2.75) is 27.2 Å². The van der Waals surface area contributed by atoms with Gasteiger partial charge in [0.1, 0.15) is 11.3 Å². The molecular formula is C12H16N5O3P. The number of nitrogens with zero attached hydrogens (tertiary/aromatic N) is 3. The van der Waals surface area contributed by atoms with E-state index < -0.39 is 7.60 Å². The first-order valence-corrected chi connectivity index (χ1v) is 7.76. The zero-order chi connectivity index (χ0) is 15.8. The number of aromatic nitrogens is 4. The third kappa shape index (κ3) is 4.26. The molecule has 0 amide bonds. The fraction of sp³-hybridized carbons (Fsp3) is 0.417. The Morgan fingerprint density at radius 3 is 2.52 bits per heavy atom. The number of H-pyrrole nitrogens is 1. The maximum atomic E-state index is 10.7. The molecule has 8 nitrogen and oxygen atoms in total. The lowest BCUT2D eigenvalue weighted by molar-refractivity contribution is 0.388. The summed E-state index contributed by atoms with van der Waals surface area (Å²) >= 11 is 0. The van der Waals surface area contributed by atoms with Gasteiger partial charge in [0.25, 0.3) is 0 Å². The molecule has 112 valence electrons. The van der Waals surface area contributed by atoms with Crippen LogP contribution in [0.1, 0.15) is 32.4 Å². The second-order valence-corrected chi connectivity index (χ2v) is 7.14. The van der Waals surface area contributed by atoms with E-state index >= 15 is 0 Å². The maximum absolute atomic E-state index is 10.7. The minimum absolute atomic E-state index is 0.000519. The molecule has 9 heteroatoms. The average Bonchev–Trinajstić information content (AvgIpc) is 2.66. The van der Waals surface area contributed by atoms with E-state index in [2.05, 4.69) is 46.6 Å². The van der Waals surface area contributed by atoms with Gasteiger partial charge in [-0.15, -0.1) is 0 Å². The molecule has 0 aliphatic heterocycles. The number of hydrogen-bond donors (Lipinski definition) is 4. The molecule has 2 aromatic heterocycles. The minimum Gasteiger partial charge on any atom is -0.382 e. The zero-order valence-corrected chi connectivity index (χ0v) is 12.8. The number of aromatic amines is 1. The van der Waals surface area contributed by atoms with Gasteiger partial charge in [-0.3, -0.25) is 0 Å². The molecule has 2 heterocycles. The molecule has 0 unspecified atom stereocenters. The van der Waals surface area contributed by atoms with Crippen LogP contribution in [-0.4, -0.2) is 29.7 Å². The number of nitrogen functional groups attached to an aromatic ring is 1. The van der Waals surface area contributed by atoms with Gasteiger partial charge in [-0.25, -0.2) is 19.5 Å². The Morgan fingerprint density at radius 1 is 1.29 bits per heavy atom. The molecule has 0 bridgehead atoms. The first kappa shape index (κ1) is 15.4. The molecule has 0 aliphatic rings. The Hall–Kier alpha value is -1.94. The van der Waals surface area contributed by atoms with Crippen molar-refractivity contribution in [3.63, 3.8) is 0 Å². The molecule has 0 saturated carbocycles. The smallest absolute Gasteiger partial charge is 0.382 e. The van der Waals surface area contributed by atoms with Crippen molar-refractivity contribution < 1.29 is 14.4 Å². The fourth-order valence-corrected chi connectivity index (χ4v) is 1.96. The summed E-state index contributed by atoms with van der Waals surface area (Å²) in [5.74, 6) is 3.15. The van der Waals surface area contributed by atoms with Crippen molar-refractivity contribution in [1.29, 1.82) is 0 Å². The van der Waals surface area contributed by atoms with Crippen molar-refractivity contribution in [3.8, 4) is 11.6 Å². The van der Waals surface area contributed by atoms with Crippen LogP contribution >= 0.6 is 7.60 Å². The second-order valence-electron chi connectivity index (χ2n) is 5.83. The highest BCUT2D eigenvalue weighted by atomic mass is 31.2. The maximum Gasteiger partial charge on any atom is 0.400 e. The number of imidazole rings is 1. The first-order chi connectivity index (χ1) is 9.53. The van der Waals surface area contributed by atoms with E-state index in [0.29, 0.717) is 23.4 Å². The summed E-state index contributed by atoms with van der Waals surface area (Å²) < 4.78 is 10.7. The summed E-state index contributed by atoms with van der Waals surface area (Å²) in [6.45, 7) is 6.16. The molecule has 0 saturated heterocycles. The Labute approximate surface area is 121 Å². The van der Waals surface area contributed by atoms with E-state index in [0.717, 1.165) is 0 Å². The van der Waals surface area contributed by atoms with Gasteiger partial charge in [0.05, 0.1) is 0 Å². The zero-order valence-electron chi connectivity index (χ0n) is 11.9. The number of hydrogen-bond acceptors (Lipinski definition) is 5. The van der Waals surface area contributed by atoms with Crippen molar-refractivity contribution in [2.24, 2.45) is 5.41 Å². The Balaban J connectivity index is 2.45.